The zero-order valence-corrected chi connectivity index (χ0v) is 7.86. The molecule has 0 aromatic heterocycles. The molecule has 0 aliphatic rings. The first-order valence-corrected chi connectivity index (χ1v) is 5.76. The molecule has 2 heteroatoms. The highest BCUT2D eigenvalue weighted by Crippen LogP contribution is 1.95. The van der Waals surface area contributed by atoms with Crippen LogP contribution in [0.25, 0.3) is 0 Å². The molecule has 1 nitrogen and oxygen atoms in total. The van der Waals surface area contributed by atoms with E-state index in [9.17, 15) is 4.79 Å². The van der Waals surface area contributed by atoms with Gasteiger partial charge in [-0.25, -0.2) is 0 Å². The van der Waals surface area contributed by atoms with E-state index in [1.807, 2.05) is 0 Å². The molecule has 9 heavy (non-hydrogen) atoms. The van der Waals surface area contributed by atoms with Crippen molar-refractivity contribution in [1.29, 1.82) is 0 Å². The third kappa shape index (κ3) is 8.44. The summed E-state index contributed by atoms with van der Waals surface area (Å²) in [6.07, 6.45) is 2.62. The van der Waals surface area contributed by atoms with Crippen LogP contribution in [0.3, 0.4) is 0 Å². The van der Waals surface area contributed by atoms with Gasteiger partial charge in [-0.15, -0.1) is 4.55 Å². The molecule has 50 valence electrons. The molecule has 0 aromatic rings. The van der Waals surface area contributed by atoms with Gasteiger partial charge in [-0.05, 0) is 6.92 Å². The van der Waals surface area contributed by atoms with Crippen LogP contribution in [-0.2, 0) is 4.79 Å². The molecule has 0 bridgehead atoms. The summed E-state index contributed by atoms with van der Waals surface area (Å²) < 4.78 is 2.27. The number of unbranched alkanes of at least 4 members (excludes halogenated alkanes) is 1. The van der Waals surface area contributed by atoms with E-state index in [2.05, 4.69) is 6.92 Å². The number of ketones is 1. The number of hydrogen-bond donors (Lipinski definition) is 0. The lowest BCUT2D eigenvalue weighted by molar-refractivity contribution is -0.114. The van der Waals surface area contributed by atoms with E-state index in [1.54, 1.807) is 6.92 Å². The van der Waals surface area contributed by atoms with Crippen molar-refractivity contribution in [3.05, 3.63) is 0 Å². The van der Waals surface area contributed by atoms with Crippen LogP contribution < -0.4 is 0 Å². The SMILES string of the molecule is CCC[CH2][Mg][CH2]C(C)=O. The van der Waals surface area contributed by atoms with Crippen molar-refractivity contribution >= 4 is 26.1 Å². The predicted molar refractivity (Wildman–Crippen MR) is 41.0 cm³/mol. The first-order chi connectivity index (χ1) is 4.27. The van der Waals surface area contributed by atoms with Gasteiger partial charge in [-0.2, -0.15) is 0 Å². The Kier molecular flexibility index (Phi) is 6.87. The number of carbonyl (C=O) groups is 1. The van der Waals surface area contributed by atoms with Crippen LogP contribution in [-0.4, -0.2) is 26.1 Å². The summed E-state index contributed by atoms with van der Waals surface area (Å²) in [6.45, 7) is 3.89. The summed E-state index contributed by atoms with van der Waals surface area (Å²) in [4.78, 5) is 10.4. The number of hydrogen-bond acceptors (Lipinski definition) is 1. The van der Waals surface area contributed by atoms with Crippen LogP contribution in [0.15, 0.2) is 0 Å². The molecule has 0 fully saturated rings. The molecule has 0 radical (unpaired) electrons. The molecule has 0 spiro atoms. The Bertz CT molecular complexity index is 81.0. The topological polar surface area (TPSA) is 17.1 Å². The van der Waals surface area contributed by atoms with E-state index >= 15 is 0 Å². The van der Waals surface area contributed by atoms with E-state index in [4.69, 9.17) is 0 Å². The highest BCUT2D eigenvalue weighted by atomic mass is 24.5. The van der Waals surface area contributed by atoms with Crippen molar-refractivity contribution in [2.24, 2.45) is 0 Å². The smallest absolute Gasteiger partial charge is 0.303 e. The summed E-state index contributed by atoms with van der Waals surface area (Å²) in [7, 11) is 0. The van der Waals surface area contributed by atoms with Crippen molar-refractivity contribution in [3.8, 4) is 0 Å². The molecule has 0 aliphatic carbocycles. The summed E-state index contributed by atoms with van der Waals surface area (Å²) in [5, 5.41) is 0. The lowest BCUT2D eigenvalue weighted by Gasteiger charge is -1.90. The highest BCUT2D eigenvalue weighted by Gasteiger charge is 1.96. The fourth-order valence-electron chi connectivity index (χ4n) is 0.801. The normalized spacial score (nSPS) is 8.67. The van der Waals surface area contributed by atoms with Gasteiger partial charge < -0.3 is 4.79 Å². The average molecular weight is 138 g/mol. The van der Waals surface area contributed by atoms with Crippen LogP contribution in [0.4, 0.5) is 0 Å². The minimum absolute atomic E-state index is 0.00330. The number of Topliss-reactive ketones (excluding diaryl/α,β-unsaturated/α-hetero) is 1. The van der Waals surface area contributed by atoms with Gasteiger partial charge in [0, 0.05) is 0 Å². The molecule has 0 aromatic carbocycles. The van der Waals surface area contributed by atoms with Crippen LogP contribution in [0.1, 0.15) is 26.7 Å². The molecule has 0 saturated carbocycles. The maximum atomic E-state index is 10.4. The van der Waals surface area contributed by atoms with Crippen LogP contribution in [0, 0.1) is 0 Å². The number of rotatable bonds is 5. The second-order valence-electron chi connectivity index (χ2n) is 2.51. The molecule has 0 heterocycles. The molecular formula is C7H14MgO. The van der Waals surface area contributed by atoms with Gasteiger partial charge in [0.05, 0.1) is 0 Å². The Hall–Kier alpha value is 0.436. The van der Waals surface area contributed by atoms with Crippen molar-refractivity contribution in [3.63, 3.8) is 0 Å². The van der Waals surface area contributed by atoms with E-state index in [-0.39, 0.29) is 20.4 Å². The quantitative estimate of drug-likeness (QED) is 0.419. The third-order valence-electron chi connectivity index (χ3n) is 1.38. The molecule has 0 unspecified atom stereocenters. The molecule has 0 atom stereocenters. The molecule has 0 saturated heterocycles. The van der Waals surface area contributed by atoms with Crippen molar-refractivity contribution in [2.45, 2.75) is 35.8 Å². The Labute approximate surface area is 66.9 Å². The van der Waals surface area contributed by atoms with Crippen molar-refractivity contribution in [2.75, 3.05) is 0 Å². The maximum Gasteiger partial charge on any atom is 0.375 e. The van der Waals surface area contributed by atoms with Gasteiger partial charge in [-0.1, -0.05) is 24.3 Å². The van der Waals surface area contributed by atoms with Gasteiger partial charge in [0.1, 0.15) is 5.78 Å². The fraction of sp³-hybridized carbons (Fsp3) is 0.857. The second kappa shape index (κ2) is 6.55. The standard InChI is InChI=1S/C4H9.C3H5O.Mg/c1-3-4-2;1-3(2)4;/h1,3-4H2,2H3;1H2,2H3;. The maximum absolute atomic E-state index is 10.4. The molecule has 0 rings (SSSR count). The Morgan fingerprint density at radius 2 is 2.22 bits per heavy atom. The van der Waals surface area contributed by atoms with E-state index in [0.29, 0.717) is 5.78 Å². The lowest BCUT2D eigenvalue weighted by atomic mass is 10.4. The Balaban J connectivity index is 2.83. The monoisotopic (exact) mass is 138 g/mol. The highest BCUT2D eigenvalue weighted by molar-refractivity contribution is 6.41. The minimum atomic E-state index is 0.00330. The van der Waals surface area contributed by atoms with Crippen molar-refractivity contribution in [1.82, 2.24) is 0 Å². The third-order valence-corrected chi connectivity index (χ3v) is 3.44. The van der Waals surface area contributed by atoms with Gasteiger partial charge >= 0.3 is 20.4 Å². The summed E-state index contributed by atoms with van der Waals surface area (Å²) in [5.41, 5.74) is 0. The summed E-state index contributed by atoms with van der Waals surface area (Å²) >= 11 is 0.00330. The lowest BCUT2D eigenvalue weighted by Crippen LogP contribution is -1.96. The molecule has 0 aliphatic heterocycles. The summed E-state index contributed by atoms with van der Waals surface area (Å²) in [6, 6.07) is 0. The Morgan fingerprint density at radius 3 is 2.67 bits per heavy atom. The zero-order chi connectivity index (χ0) is 7.11. The van der Waals surface area contributed by atoms with E-state index < -0.39 is 0 Å². The van der Waals surface area contributed by atoms with Crippen LogP contribution in [0.2, 0.25) is 9.10 Å². The van der Waals surface area contributed by atoms with Crippen LogP contribution in [0.5, 0.6) is 0 Å². The fourth-order valence-corrected chi connectivity index (χ4v) is 2.40. The summed E-state index contributed by atoms with van der Waals surface area (Å²) in [5.74, 6) is 0.387. The van der Waals surface area contributed by atoms with E-state index in [0.717, 1.165) is 4.55 Å². The molecule has 0 N–H and O–H groups in total. The largest absolute Gasteiger partial charge is 0.375 e. The van der Waals surface area contributed by atoms with Crippen molar-refractivity contribution < 1.29 is 4.79 Å². The van der Waals surface area contributed by atoms with Gasteiger partial charge in [-0.3, -0.25) is 0 Å². The van der Waals surface area contributed by atoms with E-state index in [1.165, 1.54) is 17.4 Å². The molecular weight excluding hydrogens is 124 g/mol. The van der Waals surface area contributed by atoms with Gasteiger partial charge in [0.2, 0.25) is 0 Å². The van der Waals surface area contributed by atoms with Gasteiger partial charge in [0.25, 0.3) is 0 Å². The predicted octanol–water partition coefficient (Wildman–Crippen LogP) is 1.92. The minimum Gasteiger partial charge on any atom is -0.303 e. The first kappa shape index (κ1) is 9.44. The van der Waals surface area contributed by atoms with Gasteiger partial charge in [0.15, 0.2) is 0 Å². The molecule has 0 amide bonds. The zero-order valence-electron chi connectivity index (χ0n) is 6.44. The average Bonchev–Trinajstić information content (AvgIpc) is 1.80. The number of carbonyl (C=O) groups excluding carboxylic acids is 1. The second-order valence-corrected chi connectivity index (χ2v) is 4.43. The van der Waals surface area contributed by atoms with Crippen LogP contribution >= 0.6 is 0 Å². The Morgan fingerprint density at radius 1 is 1.56 bits per heavy atom. The first-order valence-electron chi connectivity index (χ1n) is 3.76.